The van der Waals surface area contributed by atoms with Crippen molar-refractivity contribution in [3.63, 3.8) is 0 Å². The fourth-order valence-electron chi connectivity index (χ4n) is 3.71. The summed E-state index contributed by atoms with van der Waals surface area (Å²) in [5, 5.41) is 11.3. The summed E-state index contributed by atoms with van der Waals surface area (Å²) in [7, 11) is 1.45. The molecule has 1 aliphatic rings. The van der Waals surface area contributed by atoms with Crippen LogP contribution in [0.3, 0.4) is 0 Å². The minimum Gasteiger partial charge on any atom is -0.490 e. The Morgan fingerprint density at radius 1 is 1.15 bits per heavy atom. The van der Waals surface area contributed by atoms with Gasteiger partial charge in [0.05, 0.1) is 12.0 Å². The molecule has 27 heavy (non-hydrogen) atoms. The Kier molecular flexibility index (Phi) is 6.36. The molecule has 0 radical (unpaired) electrons. The highest BCUT2D eigenvalue weighted by atomic mass is 16.6. The van der Waals surface area contributed by atoms with Crippen LogP contribution in [0, 0.1) is 10.1 Å². The van der Waals surface area contributed by atoms with E-state index in [4.69, 9.17) is 10.5 Å². The highest BCUT2D eigenvalue weighted by molar-refractivity contribution is 5.48. The number of nitrogens with zero attached hydrogens (tertiary/aromatic N) is 3. The minimum atomic E-state index is -0.394. The Morgan fingerprint density at radius 2 is 1.81 bits per heavy atom. The fraction of sp³-hybridized carbons (Fsp3) is 0.450. The zero-order chi connectivity index (χ0) is 19.2. The molecule has 1 fully saturated rings. The second kappa shape index (κ2) is 8.92. The highest BCUT2D eigenvalue weighted by Gasteiger charge is 2.25. The molecule has 1 saturated carbocycles. The summed E-state index contributed by atoms with van der Waals surface area (Å²) >= 11 is 0. The largest absolute Gasteiger partial charge is 0.490 e. The molecule has 1 aromatic carbocycles. The second-order valence-electron chi connectivity index (χ2n) is 7.09. The Labute approximate surface area is 159 Å². The zero-order valence-electron chi connectivity index (χ0n) is 15.6. The van der Waals surface area contributed by atoms with E-state index in [2.05, 4.69) is 9.88 Å². The SMILES string of the molecule is COc1ccc(CN(Cc2ccncc2)C2CCC(N)CC2)cc1[N+](=O)[O-]. The van der Waals surface area contributed by atoms with Crippen molar-refractivity contribution in [2.24, 2.45) is 5.73 Å². The molecule has 2 N–H and O–H groups in total. The average molecular weight is 370 g/mol. The molecule has 1 aliphatic carbocycles. The quantitative estimate of drug-likeness (QED) is 0.594. The molecule has 0 spiro atoms. The van der Waals surface area contributed by atoms with Gasteiger partial charge in [0.25, 0.3) is 0 Å². The molecule has 0 unspecified atom stereocenters. The van der Waals surface area contributed by atoms with Crippen LogP contribution in [0.1, 0.15) is 36.8 Å². The molecule has 7 nitrogen and oxygen atoms in total. The summed E-state index contributed by atoms with van der Waals surface area (Å²) in [6.45, 7) is 1.43. The fourth-order valence-corrected chi connectivity index (χ4v) is 3.71. The molecule has 0 bridgehead atoms. The highest BCUT2D eigenvalue weighted by Crippen LogP contribution is 2.30. The molecular weight excluding hydrogens is 344 g/mol. The van der Waals surface area contributed by atoms with Crippen LogP contribution in [-0.2, 0) is 13.1 Å². The van der Waals surface area contributed by atoms with Gasteiger partial charge in [-0.2, -0.15) is 0 Å². The third-order valence-electron chi connectivity index (χ3n) is 5.22. The maximum Gasteiger partial charge on any atom is 0.311 e. The number of benzene rings is 1. The van der Waals surface area contributed by atoms with Crippen molar-refractivity contribution in [1.82, 2.24) is 9.88 Å². The van der Waals surface area contributed by atoms with Crippen LogP contribution in [0.4, 0.5) is 5.69 Å². The van der Waals surface area contributed by atoms with Crippen molar-refractivity contribution in [2.45, 2.75) is 50.9 Å². The number of nitro groups is 1. The predicted molar refractivity (Wildman–Crippen MR) is 103 cm³/mol. The van der Waals surface area contributed by atoms with Gasteiger partial charge in [0.2, 0.25) is 0 Å². The van der Waals surface area contributed by atoms with Crippen LogP contribution in [0.25, 0.3) is 0 Å². The summed E-state index contributed by atoms with van der Waals surface area (Å²) < 4.78 is 5.11. The van der Waals surface area contributed by atoms with Gasteiger partial charge < -0.3 is 10.5 Å². The number of ether oxygens (including phenoxy) is 1. The van der Waals surface area contributed by atoms with Gasteiger partial charge in [-0.15, -0.1) is 0 Å². The lowest BCUT2D eigenvalue weighted by atomic mass is 9.90. The summed E-state index contributed by atoms with van der Waals surface area (Å²) in [6, 6.07) is 9.92. The third kappa shape index (κ3) is 5.02. The standard InChI is InChI=1S/C20H26N4O3/c1-27-20-7-2-16(12-19(20)24(25)26)14-23(13-15-8-10-22-11-9-15)18-5-3-17(21)4-6-18/h2,7-12,17-18H,3-6,13-14,21H2,1H3. The van der Waals surface area contributed by atoms with Crippen LogP contribution in [0.15, 0.2) is 42.7 Å². The van der Waals surface area contributed by atoms with Gasteiger partial charge in [-0.05, 0) is 55.0 Å². The Bertz CT molecular complexity index is 761. The predicted octanol–water partition coefficient (Wildman–Crippen LogP) is 3.27. The van der Waals surface area contributed by atoms with Crippen LogP contribution in [0.2, 0.25) is 0 Å². The first kappa shape index (κ1) is 19.3. The van der Waals surface area contributed by atoms with Gasteiger partial charge in [0, 0.05) is 43.6 Å². The van der Waals surface area contributed by atoms with Gasteiger partial charge >= 0.3 is 5.69 Å². The summed E-state index contributed by atoms with van der Waals surface area (Å²) in [6.07, 6.45) is 7.71. The van der Waals surface area contributed by atoms with Gasteiger partial charge in [0.15, 0.2) is 5.75 Å². The van der Waals surface area contributed by atoms with Crippen molar-refractivity contribution in [3.8, 4) is 5.75 Å². The number of nitro benzene ring substituents is 1. The second-order valence-corrected chi connectivity index (χ2v) is 7.09. The molecule has 3 rings (SSSR count). The lowest BCUT2D eigenvalue weighted by molar-refractivity contribution is -0.385. The number of aromatic nitrogens is 1. The summed E-state index contributed by atoms with van der Waals surface area (Å²) in [4.78, 5) is 17.4. The average Bonchev–Trinajstić information content (AvgIpc) is 2.69. The van der Waals surface area contributed by atoms with Crippen molar-refractivity contribution >= 4 is 5.69 Å². The van der Waals surface area contributed by atoms with E-state index >= 15 is 0 Å². The first-order valence-electron chi connectivity index (χ1n) is 9.26. The lowest BCUT2D eigenvalue weighted by Crippen LogP contribution is -2.40. The van der Waals surface area contributed by atoms with E-state index in [0.717, 1.165) is 37.8 Å². The van der Waals surface area contributed by atoms with E-state index < -0.39 is 4.92 Å². The molecule has 0 amide bonds. The number of pyridine rings is 1. The molecule has 1 aromatic heterocycles. The smallest absolute Gasteiger partial charge is 0.311 e. The Hall–Kier alpha value is -2.51. The van der Waals surface area contributed by atoms with E-state index in [0.29, 0.717) is 12.6 Å². The van der Waals surface area contributed by atoms with Crippen LogP contribution in [0.5, 0.6) is 5.75 Å². The number of rotatable bonds is 7. The molecular formula is C20H26N4O3. The summed E-state index contributed by atoms with van der Waals surface area (Å²) in [5.41, 5.74) is 8.17. The first-order valence-corrected chi connectivity index (χ1v) is 9.26. The Balaban J connectivity index is 1.82. The maximum absolute atomic E-state index is 11.3. The van der Waals surface area contributed by atoms with Gasteiger partial charge in [0.1, 0.15) is 0 Å². The van der Waals surface area contributed by atoms with Crippen LogP contribution >= 0.6 is 0 Å². The van der Waals surface area contributed by atoms with Gasteiger partial charge in [-0.3, -0.25) is 20.0 Å². The monoisotopic (exact) mass is 370 g/mol. The molecule has 2 aromatic rings. The Morgan fingerprint density at radius 3 is 2.44 bits per heavy atom. The molecule has 7 heteroatoms. The minimum absolute atomic E-state index is 0.00419. The first-order chi connectivity index (χ1) is 13.1. The molecule has 0 saturated heterocycles. The summed E-state index contributed by atoms with van der Waals surface area (Å²) in [5.74, 6) is 0.285. The normalized spacial score (nSPS) is 19.8. The van der Waals surface area contributed by atoms with E-state index in [-0.39, 0.29) is 17.5 Å². The molecule has 1 heterocycles. The van der Waals surface area contributed by atoms with E-state index in [1.165, 1.54) is 12.7 Å². The van der Waals surface area contributed by atoms with E-state index in [1.807, 2.05) is 18.2 Å². The molecule has 0 atom stereocenters. The van der Waals surface area contributed by atoms with Crippen LogP contribution in [-0.4, -0.2) is 34.0 Å². The van der Waals surface area contributed by atoms with E-state index in [1.54, 1.807) is 24.5 Å². The number of hydrogen-bond donors (Lipinski definition) is 1. The molecule has 144 valence electrons. The number of nitrogens with two attached hydrogens (primary N) is 1. The molecule has 0 aliphatic heterocycles. The van der Waals surface area contributed by atoms with Crippen molar-refractivity contribution < 1.29 is 9.66 Å². The van der Waals surface area contributed by atoms with Gasteiger partial charge in [-0.25, -0.2) is 0 Å². The van der Waals surface area contributed by atoms with Crippen molar-refractivity contribution in [3.05, 3.63) is 64.0 Å². The number of hydrogen-bond acceptors (Lipinski definition) is 6. The zero-order valence-corrected chi connectivity index (χ0v) is 15.6. The lowest BCUT2D eigenvalue weighted by Gasteiger charge is -2.36. The number of methoxy groups -OCH3 is 1. The van der Waals surface area contributed by atoms with Crippen LogP contribution < -0.4 is 10.5 Å². The third-order valence-corrected chi connectivity index (χ3v) is 5.22. The van der Waals surface area contributed by atoms with Crippen molar-refractivity contribution in [2.75, 3.05) is 7.11 Å². The maximum atomic E-state index is 11.3. The van der Waals surface area contributed by atoms with Crippen molar-refractivity contribution in [1.29, 1.82) is 0 Å². The van der Waals surface area contributed by atoms with E-state index in [9.17, 15) is 10.1 Å². The topological polar surface area (TPSA) is 94.5 Å². The van der Waals surface area contributed by atoms with Gasteiger partial charge in [-0.1, -0.05) is 6.07 Å².